The molecule has 1 aromatic rings. The van der Waals surface area contributed by atoms with E-state index in [1.165, 1.54) is 7.11 Å². The molecule has 100 valence electrons. The minimum absolute atomic E-state index is 0.449. The zero-order valence-electron chi connectivity index (χ0n) is 11.1. The summed E-state index contributed by atoms with van der Waals surface area (Å²) in [6.45, 7) is 5.08. The largest absolute Gasteiger partial charge is 0.495 e. The average Bonchev–Trinajstić information content (AvgIpc) is 2.25. The lowest BCUT2D eigenvalue weighted by molar-refractivity contribution is 0.128. The summed E-state index contributed by atoms with van der Waals surface area (Å²) in [5.41, 5.74) is 0.379. The quantitative estimate of drug-likeness (QED) is 0.827. The molecule has 1 atom stereocenters. The van der Waals surface area contributed by atoms with E-state index in [1.54, 1.807) is 45.0 Å². The van der Waals surface area contributed by atoms with Crippen LogP contribution in [0.3, 0.4) is 0 Å². The highest BCUT2D eigenvalue weighted by molar-refractivity contribution is 6.32. The normalized spacial score (nSPS) is 14.5. The molecule has 0 aliphatic heterocycles. The molecule has 0 saturated heterocycles. The molecule has 2 N–H and O–H groups in total. The van der Waals surface area contributed by atoms with Crippen LogP contribution < -0.4 is 4.74 Å². The van der Waals surface area contributed by atoms with Gasteiger partial charge in [0.1, 0.15) is 5.75 Å². The van der Waals surface area contributed by atoms with Crippen LogP contribution in [0.25, 0.3) is 0 Å². The summed E-state index contributed by atoms with van der Waals surface area (Å²) < 4.78 is 5.05. The zero-order valence-corrected chi connectivity index (χ0v) is 11.8. The number of rotatable bonds is 4. The van der Waals surface area contributed by atoms with Crippen molar-refractivity contribution in [2.24, 2.45) is 0 Å². The molecule has 0 heterocycles. The first-order valence-electron chi connectivity index (χ1n) is 5.68. The van der Waals surface area contributed by atoms with E-state index in [-0.39, 0.29) is 0 Å². The lowest BCUT2D eigenvalue weighted by Gasteiger charge is -2.18. The molecule has 0 aliphatic rings. The molecule has 0 fully saturated rings. The lowest BCUT2D eigenvalue weighted by atomic mass is 9.98. The molecule has 0 spiro atoms. The smallest absolute Gasteiger partial charge is 0.137 e. The zero-order chi connectivity index (χ0) is 13.9. The molecule has 3 nitrogen and oxygen atoms in total. The summed E-state index contributed by atoms with van der Waals surface area (Å²) in [7, 11) is 1.54. The Hall–Kier alpha value is -1.03. The fraction of sp³-hybridized carbons (Fsp3) is 0.429. The van der Waals surface area contributed by atoms with Crippen LogP contribution in [0.15, 0.2) is 29.8 Å². The molecule has 1 aromatic carbocycles. The molecule has 4 heteroatoms. The van der Waals surface area contributed by atoms with Gasteiger partial charge in [0.25, 0.3) is 0 Å². The van der Waals surface area contributed by atoms with E-state index in [0.717, 1.165) is 0 Å². The van der Waals surface area contributed by atoms with Gasteiger partial charge >= 0.3 is 0 Å². The summed E-state index contributed by atoms with van der Waals surface area (Å²) in [4.78, 5) is 0. The van der Waals surface area contributed by atoms with Crippen molar-refractivity contribution in [2.45, 2.75) is 32.5 Å². The number of hydrogen-bond acceptors (Lipinski definition) is 3. The number of aliphatic hydroxyl groups is 2. The number of aliphatic hydroxyl groups excluding tert-OH is 1. The van der Waals surface area contributed by atoms with E-state index in [4.69, 9.17) is 16.3 Å². The molecule has 0 aromatic heterocycles. The second-order valence-corrected chi connectivity index (χ2v) is 5.25. The predicted octanol–water partition coefficient (Wildman–Crippen LogP) is 3.10. The fourth-order valence-electron chi connectivity index (χ4n) is 1.75. The number of halogens is 1. The highest BCUT2D eigenvalue weighted by Gasteiger charge is 2.16. The third kappa shape index (κ3) is 4.02. The molecular formula is C14H19ClO3. The summed E-state index contributed by atoms with van der Waals surface area (Å²) in [5.74, 6) is 0.566. The molecule has 0 amide bonds. The van der Waals surface area contributed by atoms with Gasteiger partial charge in [-0.25, -0.2) is 0 Å². The number of ether oxygens (including phenoxy) is 1. The third-order valence-electron chi connectivity index (χ3n) is 2.50. The Labute approximate surface area is 113 Å². The second kappa shape index (κ2) is 5.74. The maximum Gasteiger partial charge on any atom is 0.137 e. The van der Waals surface area contributed by atoms with Gasteiger partial charge in [-0.15, -0.1) is 0 Å². The van der Waals surface area contributed by atoms with Gasteiger partial charge in [-0.1, -0.05) is 23.7 Å². The van der Waals surface area contributed by atoms with Crippen LogP contribution in [-0.4, -0.2) is 22.9 Å². The molecule has 0 bridgehead atoms. The van der Waals surface area contributed by atoms with E-state index in [1.807, 2.05) is 0 Å². The summed E-state index contributed by atoms with van der Waals surface area (Å²) in [6.07, 6.45) is 0.829. The average molecular weight is 271 g/mol. The summed E-state index contributed by atoms with van der Waals surface area (Å²) in [5, 5.41) is 20.3. The van der Waals surface area contributed by atoms with Crippen LogP contribution >= 0.6 is 11.6 Å². The van der Waals surface area contributed by atoms with Gasteiger partial charge in [0.2, 0.25) is 0 Å². The Morgan fingerprint density at radius 3 is 2.50 bits per heavy atom. The van der Waals surface area contributed by atoms with Crippen molar-refractivity contribution in [3.8, 4) is 5.75 Å². The second-order valence-electron chi connectivity index (χ2n) is 4.84. The van der Waals surface area contributed by atoms with E-state index >= 15 is 0 Å². The van der Waals surface area contributed by atoms with Crippen LogP contribution in [0, 0.1) is 0 Å². The van der Waals surface area contributed by atoms with Gasteiger partial charge in [0, 0.05) is 0 Å². The van der Waals surface area contributed by atoms with Crippen molar-refractivity contribution in [3.05, 3.63) is 40.4 Å². The van der Waals surface area contributed by atoms with E-state index < -0.39 is 11.7 Å². The van der Waals surface area contributed by atoms with Crippen molar-refractivity contribution >= 4 is 11.6 Å². The highest BCUT2D eigenvalue weighted by Crippen LogP contribution is 2.30. The number of benzene rings is 1. The van der Waals surface area contributed by atoms with Crippen molar-refractivity contribution in [3.63, 3.8) is 0 Å². The Bertz CT molecular complexity index is 447. The van der Waals surface area contributed by atoms with Crippen LogP contribution in [0.5, 0.6) is 5.75 Å². The van der Waals surface area contributed by atoms with Crippen molar-refractivity contribution < 1.29 is 14.9 Å². The summed E-state index contributed by atoms with van der Waals surface area (Å²) >= 11 is 6.01. The van der Waals surface area contributed by atoms with Gasteiger partial charge in [-0.3, -0.25) is 0 Å². The van der Waals surface area contributed by atoms with E-state index in [9.17, 15) is 10.2 Å². The van der Waals surface area contributed by atoms with Crippen molar-refractivity contribution in [2.75, 3.05) is 7.11 Å². The Balaban J connectivity index is 3.01. The van der Waals surface area contributed by atoms with E-state index in [2.05, 4.69) is 0 Å². The van der Waals surface area contributed by atoms with Crippen LogP contribution in [-0.2, 0) is 0 Å². The van der Waals surface area contributed by atoms with E-state index in [0.29, 0.717) is 21.9 Å². The molecule has 0 aliphatic carbocycles. The fourth-order valence-corrected chi connectivity index (χ4v) is 2.02. The molecular weight excluding hydrogens is 252 g/mol. The summed E-state index contributed by atoms with van der Waals surface area (Å²) in [6, 6.07) is 5.11. The van der Waals surface area contributed by atoms with Crippen LogP contribution in [0.1, 0.15) is 32.4 Å². The Morgan fingerprint density at radius 1 is 1.44 bits per heavy atom. The van der Waals surface area contributed by atoms with Crippen molar-refractivity contribution in [1.29, 1.82) is 0 Å². The molecule has 0 saturated carbocycles. The minimum Gasteiger partial charge on any atom is -0.495 e. The van der Waals surface area contributed by atoms with Gasteiger partial charge in [0.15, 0.2) is 0 Å². The van der Waals surface area contributed by atoms with Crippen molar-refractivity contribution in [1.82, 2.24) is 0 Å². The van der Waals surface area contributed by atoms with Gasteiger partial charge in [-0.05, 0) is 44.0 Å². The number of methoxy groups -OCH3 is 1. The van der Waals surface area contributed by atoms with Crippen LogP contribution in [0.4, 0.5) is 0 Å². The maximum absolute atomic E-state index is 10.2. The standard InChI is InChI=1S/C14H19ClO3/c1-9(8-14(2,3)17)13(16)10-5-6-12(18-4)11(15)7-10/h5-8,13,16-17H,1-4H3/b9-8+. The number of hydrogen-bond donors (Lipinski definition) is 2. The first-order chi connectivity index (χ1) is 8.24. The Kier molecular flexibility index (Phi) is 4.79. The molecule has 0 radical (unpaired) electrons. The maximum atomic E-state index is 10.2. The van der Waals surface area contributed by atoms with Gasteiger partial charge < -0.3 is 14.9 Å². The topological polar surface area (TPSA) is 49.7 Å². The van der Waals surface area contributed by atoms with Crippen LogP contribution in [0.2, 0.25) is 5.02 Å². The Morgan fingerprint density at radius 2 is 2.06 bits per heavy atom. The lowest BCUT2D eigenvalue weighted by Crippen LogP contribution is -2.16. The monoisotopic (exact) mass is 270 g/mol. The minimum atomic E-state index is -0.957. The molecule has 1 unspecified atom stereocenters. The van der Waals surface area contributed by atoms with Gasteiger partial charge in [-0.2, -0.15) is 0 Å². The third-order valence-corrected chi connectivity index (χ3v) is 2.80. The van der Waals surface area contributed by atoms with Gasteiger partial charge in [0.05, 0.1) is 23.8 Å². The first kappa shape index (κ1) is 15.0. The molecule has 18 heavy (non-hydrogen) atoms. The predicted molar refractivity (Wildman–Crippen MR) is 73.0 cm³/mol. The highest BCUT2D eigenvalue weighted by atomic mass is 35.5. The first-order valence-corrected chi connectivity index (χ1v) is 6.05. The molecule has 1 rings (SSSR count). The SMILES string of the molecule is COc1ccc(C(O)/C(C)=C/C(C)(C)O)cc1Cl.